The van der Waals surface area contributed by atoms with Crippen molar-refractivity contribution in [3.63, 3.8) is 0 Å². The van der Waals surface area contributed by atoms with E-state index in [1.807, 2.05) is 89.7 Å². The van der Waals surface area contributed by atoms with E-state index in [0.717, 1.165) is 104 Å². The molecule has 1 aliphatic heterocycles. The molecule has 11 rings (SSSR count). The van der Waals surface area contributed by atoms with E-state index < -0.39 is 0 Å². The Labute approximate surface area is 380 Å². The Balaban J connectivity index is 0.000000162. The van der Waals surface area contributed by atoms with Gasteiger partial charge in [0.15, 0.2) is 17.6 Å². The van der Waals surface area contributed by atoms with Crippen LogP contribution in [-0.4, -0.2) is 59.0 Å². The molecule has 10 aromatic rings. The minimum absolute atomic E-state index is 0.176. The molecule has 4 aromatic carbocycles. The molecule has 0 bridgehead atoms. The summed E-state index contributed by atoms with van der Waals surface area (Å²) < 4.78 is 43.0. The smallest absolute Gasteiger partial charge is 0.182 e. The minimum atomic E-state index is -0.328. The summed E-state index contributed by atoms with van der Waals surface area (Å²) in [4.78, 5) is 18.4. The molecule has 326 valence electrons. The third-order valence-electron chi connectivity index (χ3n) is 11.7. The van der Waals surface area contributed by atoms with E-state index in [9.17, 15) is 8.78 Å². The third-order valence-corrected chi connectivity index (χ3v) is 11.7. The lowest BCUT2D eigenvalue weighted by atomic mass is 9.90. The number of pyridine rings is 4. The number of halogens is 2. The van der Waals surface area contributed by atoms with Crippen LogP contribution in [-0.2, 0) is 23.1 Å². The predicted octanol–water partition coefficient (Wildman–Crippen LogP) is 12.0. The molecule has 7 heterocycles. The Morgan fingerprint density at radius 2 is 1.12 bits per heavy atom. The van der Waals surface area contributed by atoms with Crippen molar-refractivity contribution in [2.24, 2.45) is 7.05 Å². The van der Waals surface area contributed by atoms with E-state index in [1.54, 1.807) is 36.7 Å². The SMILES string of the molecule is Cn1ncc2c(-c3ccccc3)c(-c3ccncc3)c(-c3ccccc3)nc21.Fc1ccc(-c2nc3nn(CCOC4CCCCO4)cc3c(-c3ccc(F)cc3)c2-c2ccncc2)cc1. The molecule has 6 aromatic heterocycles. The second-order valence-corrected chi connectivity index (χ2v) is 15.9. The van der Waals surface area contributed by atoms with Crippen LogP contribution in [0.2, 0.25) is 0 Å². The molecule has 10 nitrogen and oxygen atoms in total. The monoisotopic (exact) mass is 874 g/mol. The summed E-state index contributed by atoms with van der Waals surface area (Å²) in [5, 5.41) is 11.1. The van der Waals surface area contributed by atoms with Crippen LogP contribution in [0.5, 0.6) is 0 Å². The van der Waals surface area contributed by atoms with Crippen molar-refractivity contribution >= 4 is 22.1 Å². The third kappa shape index (κ3) is 8.84. The molecule has 0 spiro atoms. The molecule has 12 heteroatoms. The molecular weight excluding hydrogens is 831 g/mol. The first-order chi connectivity index (χ1) is 32.5. The fraction of sp³-hybridized carbons (Fsp3) is 0.148. The number of fused-ring (bicyclic) bond motifs is 2. The van der Waals surface area contributed by atoms with Gasteiger partial charge in [-0.05, 0) is 102 Å². The highest BCUT2D eigenvalue weighted by molar-refractivity contribution is 6.07. The second kappa shape index (κ2) is 19.1. The van der Waals surface area contributed by atoms with Crippen LogP contribution in [0.15, 0.2) is 171 Å². The normalized spacial score (nSPS) is 13.7. The van der Waals surface area contributed by atoms with Crippen LogP contribution < -0.4 is 0 Å². The minimum Gasteiger partial charge on any atom is -0.353 e. The molecule has 66 heavy (non-hydrogen) atoms. The van der Waals surface area contributed by atoms with Gasteiger partial charge in [0.05, 0.1) is 30.7 Å². The zero-order chi connectivity index (χ0) is 44.8. The van der Waals surface area contributed by atoms with Gasteiger partial charge in [-0.15, -0.1) is 0 Å². The fourth-order valence-electron chi connectivity index (χ4n) is 8.52. The van der Waals surface area contributed by atoms with Gasteiger partial charge >= 0.3 is 0 Å². The molecule has 0 amide bonds. The van der Waals surface area contributed by atoms with Gasteiger partial charge in [-0.25, -0.2) is 18.7 Å². The first-order valence-corrected chi connectivity index (χ1v) is 21.9. The molecule has 1 fully saturated rings. The molecule has 1 saturated heterocycles. The van der Waals surface area contributed by atoms with E-state index in [2.05, 4.69) is 51.5 Å². The maximum atomic E-state index is 13.9. The quantitative estimate of drug-likeness (QED) is 0.134. The standard InChI is InChI=1S/C30H26F2N4O2.C24H18N4/c31-23-8-4-20(5-9-23)27-25-19-36(16-18-38-26-3-1-2-17-37-26)35-30(25)34-29(22-6-10-24(32)11-7-22)28(27)21-12-14-33-15-13-21;1-28-24-20(16-26-28)21(17-8-4-2-5-9-17)22(18-12-14-25-15-13-18)23(27-24)19-10-6-3-7-11-19/h4-15,19,26H,1-3,16-18H2;2-16H,1H3. The lowest BCUT2D eigenvalue weighted by molar-refractivity contribution is -0.163. The number of aryl methyl sites for hydroxylation is 1. The van der Waals surface area contributed by atoms with Crippen LogP contribution in [0.3, 0.4) is 0 Å². The summed E-state index contributed by atoms with van der Waals surface area (Å²) >= 11 is 0. The van der Waals surface area contributed by atoms with Crippen molar-refractivity contribution in [1.29, 1.82) is 0 Å². The van der Waals surface area contributed by atoms with Crippen LogP contribution in [0.1, 0.15) is 19.3 Å². The molecule has 0 N–H and O–H groups in total. The molecule has 0 saturated carbocycles. The van der Waals surface area contributed by atoms with Gasteiger partial charge in [-0.1, -0.05) is 72.8 Å². The maximum absolute atomic E-state index is 13.9. The fourth-order valence-corrected chi connectivity index (χ4v) is 8.52. The van der Waals surface area contributed by atoms with E-state index in [4.69, 9.17) is 24.5 Å². The van der Waals surface area contributed by atoms with Crippen LogP contribution in [0, 0.1) is 11.6 Å². The first-order valence-electron chi connectivity index (χ1n) is 21.9. The van der Waals surface area contributed by atoms with Crippen LogP contribution >= 0.6 is 0 Å². The summed E-state index contributed by atoms with van der Waals surface area (Å²) in [5.41, 5.74) is 12.7. The van der Waals surface area contributed by atoms with Crippen LogP contribution in [0.25, 0.3) is 89.1 Å². The predicted molar refractivity (Wildman–Crippen MR) is 254 cm³/mol. The van der Waals surface area contributed by atoms with Crippen molar-refractivity contribution in [1.82, 2.24) is 39.5 Å². The Hall–Kier alpha value is -7.80. The van der Waals surface area contributed by atoms with E-state index >= 15 is 0 Å². The highest BCUT2D eigenvalue weighted by atomic mass is 19.1. The lowest BCUT2D eigenvalue weighted by Crippen LogP contribution is -2.24. The van der Waals surface area contributed by atoms with Crippen molar-refractivity contribution in [2.45, 2.75) is 32.1 Å². The number of rotatable bonds is 10. The van der Waals surface area contributed by atoms with E-state index in [0.29, 0.717) is 24.5 Å². The van der Waals surface area contributed by atoms with Gasteiger partial charge in [0.1, 0.15) is 11.6 Å². The number of hydrogen-bond donors (Lipinski definition) is 0. The Kier molecular flexibility index (Phi) is 12.2. The zero-order valence-corrected chi connectivity index (χ0v) is 36.1. The van der Waals surface area contributed by atoms with Crippen LogP contribution in [0.4, 0.5) is 8.78 Å². The number of benzene rings is 4. The second-order valence-electron chi connectivity index (χ2n) is 15.9. The summed E-state index contributed by atoms with van der Waals surface area (Å²) in [6, 6.07) is 41.3. The van der Waals surface area contributed by atoms with E-state index in [-0.39, 0.29) is 17.9 Å². The molecule has 0 radical (unpaired) electrons. The molecule has 1 aliphatic rings. The van der Waals surface area contributed by atoms with Gasteiger partial charge < -0.3 is 9.47 Å². The molecule has 0 aliphatic carbocycles. The van der Waals surface area contributed by atoms with Gasteiger partial charge in [0, 0.05) is 88.8 Å². The summed E-state index contributed by atoms with van der Waals surface area (Å²) in [7, 11) is 1.94. The summed E-state index contributed by atoms with van der Waals surface area (Å²) in [6.07, 6.45) is 13.8. The average molecular weight is 875 g/mol. The maximum Gasteiger partial charge on any atom is 0.182 e. The van der Waals surface area contributed by atoms with Crippen molar-refractivity contribution < 1.29 is 18.3 Å². The lowest BCUT2D eigenvalue weighted by Gasteiger charge is -2.22. The Morgan fingerprint density at radius 3 is 1.73 bits per heavy atom. The number of ether oxygens (including phenoxy) is 2. The molecule has 1 unspecified atom stereocenters. The average Bonchev–Trinajstić information content (AvgIpc) is 3.97. The largest absolute Gasteiger partial charge is 0.353 e. The number of nitrogens with zero attached hydrogens (tertiary/aromatic N) is 8. The van der Waals surface area contributed by atoms with Crippen molar-refractivity contribution in [3.8, 4) is 67.0 Å². The highest BCUT2D eigenvalue weighted by Crippen LogP contribution is 2.44. The Morgan fingerprint density at radius 1 is 0.591 bits per heavy atom. The topological polar surface area (TPSA) is 106 Å². The van der Waals surface area contributed by atoms with Gasteiger partial charge in [-0.3, -0.25) is 19.3 Å². The van der Waals surface area contributed by atoms with Gasteiger partial charge in [0.25, 0.3) is 0 Å². The van der Waals surface area contributed by atoms with E-state index in [1.165, 1.54) is 24.3 Å². The zero-order valence-electron chi connectivity index (χ0n) is 36.1. The highest BCUT2D eigenvalue weighted by Gasteiger charge is 2.24. The van der Waals surface area contributed by atoms with Crippen molar-refractivity contribution in [3.05, 3.63) is 182 Å². The van der Waals surface area contributed by atoms with Gasteiger partial charge in [0.2, 0.25) is 0 Å². The molecule has 1 atom stereocenters. The summed E-state index contributed by atoms with van der Waals surface area (Å²) in [5.74, 6) is -0.647. The number of hydrogen-bond acceptors (Lipinski definition) is 8. The first kappa shape index (κ1) is 42.2. The Bertz CT molecular complexity index is 3220. The summed E-state index contributed by atoms with van der Waals surface area (Å²) in [6.45, 7) is 1.70. The van der Waals surface area contributed by atoms with Crippen molar-refractivity contribution in [2.75, 3.05) is 13.2 Å². The van der Waals surface area contributed by atoms with Gasteiger partial charge in [-0.2, -0.15) is 10.2 Å². The number of aromatic nitrogens is 8. The molecular formula is C54H44F2N8O2.